The molecule has 0 unspecified atom stereocenters. The largest absolute Gasteiger partial charge is 0.317 e. The molecule has 7 heteroatoms. The number of rotatable bonds is 7. The van der Waals surface area contributed by atoms with Crippen LogP contribution in [0.25, 0.3) is 5.69 Å². The van der Waals surface area contributed by atoms with Gasteiger partial charge in [-0.1, -0.05) is 41.4 Å². The lowest BCUT2D eigenvalue weighted by Gasteiger charge is -2.09. The number of amides is 1. The molecule has 0 fully saturated rings. The molecule has 3 aromatic rings. The Morgan fingerprint density at radius 1 is 1.17 bits per heavy atom. The van der Waals surface area contributed by atoms with E-state index in [1.807, 2.05) is 31.2 Å². The molecule has 1 amide bonds. The molecule has 2 aromatic carbocycles. The van der Waals surface area contributed by atoms with E-state index in [1.54, 1.807) is 6.21 Å². The van der Waals surface area contributed by atoms with E-state index >= 15 is 0 Å². The number of hydrogen-bond donors (Lipinski definition) is 1. The lowest BCUT2D eigenvalue weighted by Crippen LogP contribution is -2.19. The first-order chi connectivity index (χ1) is 14.4. The van der Waals surface area contributed by atoms with E-state index in [2.05, 4.69) is 69.1 Å². The SMILES string of the molecule is Cc1ccc(-n2c(C)c(Br)c(/C=N\NC(=O)CSCc3cccc(Cl)c3)c2C)cc1. The Hall–Kier alpha value is -2.02. The quantitative estimate of drug-likeness (QED) is 0.307. The number of carbonyl (C=O) groups is 1. The summed E-state index contributed by atoms with van der Waals surface area (Å²) < 4.78 is 3.14. The van der Waals surface area contributed by atoms with Gasteiger partial charge in [0.25, 0.3) is 0 Å². The predicted octanol–water partition coefficient (Wildman–Crippen LogP) is 6.20. The molecule has 0 aliphatic heterocycles. The Labute approximate surface area is 194 Å². The number of nitrogens with one attached hydrogen (secondary N) is 1. The van der Waals surface area contributed by atoms with Crippen LogP contribution in [0.5, 0.6) is 0 Å². The van der Waals surface area contributed by atoms with E-state index in [0.717, 1.165) is 38.4 Å². The predicted molar refractivity (Wildman–Crippen MR) is 131 cm³/mol. The first-order valence-corrected chi connectivity index (χ1v) is 11.8. The van der Waals surface area contributed by atoms with Crippen LogP contribution in [0, 0.1) is 20.8 Å². The summed E-state index contributed by atoms with van der Waals surface area (Å²) in [5, 5.41) is 4.87. The van der Waals surface area contributed by atoms with Crippen molar-refractivity contribution in [1.82, 2.24) is 9.99 Å². The van der Waals surface area contributed by atoms with Gasteiger partial charge >= 0.3 is 0 Å². The van der Waals surface area contributed by atoms with Crippen molar-refractivity contribution >= 4 is 51.4 Å². The highest BCUT2D eigenvalue weighted by atomic mass is 79.9. The van der Waals surface area contributed by atoms with Gasteiger partial charge in [0.05, 0.1) is 12.0 Å². The number of hydrazone groups is 1. The standard InChI is InChI=1S/C23H23BrClN3OS/c1-15-7-9-20(10-8-15)28-16(2)21(23(24)17(28)3)12-26-27-22(29)14-30-13-18-5-4-6-19(25)11-18/h4-12H,13-14H2,1-3H3,(H,27,29)/b26-12-. The molecular weight excluding hydrogens is 482 g/mol. The average molecular weight is 505 g/mol. The fourth-order valence-electron chi connectivity index (χ4n) is 3.14. The van der Waals surface area contributed by atoms with E-state index in [-0.39, 0.29) is 5.91 Å². The first kappa shape index (κ1) is 22.7. The van der Waals surface area contributed by atoms with Gasteiger partial charge in [0.1, 0.15) is 0 Å². The molecule has 0 aliphatic rings. The number of aryl methyl sites for hydroxylation is 1. The molecule has 1 N–H and O–H groups in total. The highest BCUT2D eigenvalue weighted by molar-refractivity contribution is 9.10. The molecular formula is C23H23BrClN3OS. The number of thioether (sulfide) groups is 1. The summed E-state index contributed by atoms with van der Waals surface area (Å²) >= 11 is 11.2. The van der Waals surface area contributed by atoms with Gasteiger partial charge in [-0.25, -0.2) is 5.43 Å². The van der Waals surface area contributed by atoms with E-state index in [0.29, 0.717) is 10.8 Å². The van der Waals surface area contributed by atoms with Crippen LogP contribution in [0.1, 0.15) is 28.1 Å². The zero-order valence-electron chi connectivity index (χ0n) is 17.1. The number of aromatic nitrogens is 1. The Morgan fingerprint density at radius 3 is 2.60 bits per heavy atom. The van der Waals surface area contributed by atoms with E-state index < -0.39 is 0 Å². The Morgan fingerprint density at radius 2 is 1.90 bits per heavy atom. The number of benzene rings is 2. The summed E-state index contributed by atoms with van der Waals surface area (Å²) in [6.07, 6.45) is 1.69. The molecule has 0 saturated carbocycles. The Bertz CT molecular complexity index is 1080. The third-order valence-electron chi connectivity index (χ3n) is 4.68. The van der Waals surface area contributed by atoms with Crippen molar-refractivity contribution in [3.63, 3.8) is 0 Å². The second-order valence-corrected chi connectivity index (χ2v) is 9.20. The van der Waals surface area contributed by atoms with Crippen molar-refractivity contribution in [1.29, 1.82) is 0 Å². The van der Waals surface area contributed by atoms with E-state index in [4.69, 9.17) is 11.6 Å². The maximum atomic E-state index is 12.1. The van der Waals surface area contributed by atoms with Crippen molar-refractivity contribution in [2.45, 2.75) is 26.5 Å². The minimum atomic E-state index is -0.137. The average Bonchev–Trinajstić information content (AvgIpc) is 2.92. The molecule has 4 nitrogen and oxygen atoms in total. The second kappa shape index (κ2) is 10.3. The molecule has 0 radical (unpaired) electrons. The van der Waals surface area contributed by atoms with Crippen LogP contribution < -0.4 is 5.43 Å². The molecule has 1 heterocycles. The minimum absolute atomic E-state index is 0.137. The summed E-state index contributed by atoms with van der Waals surface area (Å²) in [4.78, 5) is 12.1. The highest BCUT2D eigenvalue weighted by Gasteiger charge is 2.15. The summed E-state index contributed by atoms with van der Waals surface area (Å²) in [5.41, 5.74) is 9.10. The van der Waals surface area contributed by atoms with Crippen LogP contribution in [0.3, 0.4) is 0 Å². The highest BCUT2D eigenvalue weighted by Crippen LogP contribution is 2.29. The molecule has 0 spiro atoms. The van der Waals surface area contributed by atoms with Gasteiger partial charge < -0.3 is 4.57 Å². The van der Waals surface area contributed by atoms with Gasteiger partial charge in [0.2, 0.25) is 5.91 Å². The van der Waals surface area contributed by atoms with Crippen LogP contribution in [0.4, 0.5) is 0 Å². The Kier molecular flexibility index (Phi) is 7.81. The van der Waals surface area contributed by atoms with Crippen molar-refractivity contribution in [2.24, 2.45) is 5.10 Å². The third-order valence-corrected chi connectivity index (χ3v) is 6.92. The molecule has 3 rings (SSSR count). The summed E-state index contributed by atoms with van der Waals surface area (Å²) in [5.74, 6) is 0.913. The second-order valence-electron chi connectivity index (χ2n) is 6.99. The molecule has 156 valence electrons. The third kappa shape index (κ3) is 5.56. The van der Waals surface area contributed by atoms with E-state index in [9.17, 15) is 4.79 Å². The van der Waals surface area contributed by atoms with Gasteiger partial charge in [0, 0.05) is 37.9 Å². The van der Waals surface area contributed by atoms with E-state index in [1.165, 1.54) is 17.3 Å². The monoisotopic (exact) mass is 503 g/mol. The summed E-state index contributed by atoms with van der Waals surface area (Å²) in [6, 6.07) is 16.0. The molecule has 0 saturated heterocycles. The van der Waals surface area contributed by atoms with Gasteiger partial charge in [-0.2, -0.15) is 5.10 Å². The van der Waals surface area contributed by atoms with Crippen molar-refractivity contribution in [2.75, 3.05) is 5.75 Å². The maximum Gasteiger partial charge on any atom is 0.250 e. The molecule has 1 aromatic heterocycles. The smallest absolute Gasteiger partial charge is 0.250 e. The van der Waals surface area contributed by atoms with Gasteiger partial charge in [-0.3, -0.25) is 4.79 Å². The number of hydrogen-bond acceptors (Lipinski definition) is 3. The van der Waals surface area contributed by atoms with Crippen LogP contribution in [-0.2, 0) is 10.5 Å². The lowest BCUT2D eigenvalue weighted by atomic mass is 10.2. The normalized spacial score (nSPS) is 11.2. The van der Waals surface area contributed by atoms with Crippen molar-refractivity contribution < 1.29 is 4.79 Å². The summed E-state index contributed by atoms with van der Waals surface area (Å²) in [7, 11) is 0. The van der Waals surface area contributed by atoms with Crippen LogP contribution in [-0.4, -0.2) is 22.4 Å². The molecule has 30 heavy (non-hydrogen) atoms. The first-order valence-electron chi connectivity index (χ1n) is 9.45. The lowest BCUT2D eigenvalue weighted by molar-refractivity contribution is -0.118. The maximum absolute atomic E-state index is 12.1. The zero-order chi connectivity index (χ0) is 21.7. The summed E-state index contributed by atoms with van der Waals surface area (Å²) in [6.45, 7) is 6.17. The van der Waals surface area contributed by atoms with Crippen LogP contribution >= 0.6 is 39.3 Å². The number of nitrogens with zero attached hydrogens (tertiary/aromatic N) is 2. The van der Waals surface area contributed by atoms with Gasteiger partial charge in [-0.15, -0.1) is 11.8 Å². The van der Waals surface area contributed by atoms with Crippen LogP contribution in [0.15, 0.2) is 58.1 Å². The van der Waals surface area contributed by atoms with Gasteiger partial charge in [-0.05, 0) is 66.5 Å². The van der Waals surface area contributed by atoms with Crippen molar-refractivity contribution in [3.8, 4) is 5.69 Å². The minimum Gasteiger partial charge on any atom is -0.317 e. The fourth-order valence-corrected chi connectivity index (χ4v) is 4.69. The van der Waals surface area contributed by atoms with Crippen molar-refractivity contribution in [3.05, 3.63) is 86.1 Å². The Balaban J connectivity index is 1.61. The fraction of sp³-hybridized carbons (Fsp3) is 0.217. The van der Waals surface area contributed by atoms with Crippen LogP contribution in [0.2, 0.25) is 5.02 Å². The molecule has 0 bridgehead atoms. The number of halogens is 2. The zero-order valence-corrected chi connectivity index (χ0v) is 20.2. The topological polar surface area (TPSA) is 46.4 Å². The molecule has 0 atom stereocenters. The van der Waals surface area contributed by atoms with Gasteiger partial charge in [0.15, 0.2) is 0 Å². The molecule has 0 aliphatic carbocycles. The number of carbonyl (C=O) groups excluding carboxylic acids is 1.